The fraction of sp³-hybridized carbons (Fsp3) is 0.706. The van der Waals surface area contributed by atoms with Crippen LogP contribution in [0.5, 0.6) is 0 Å². The van der Waals surface area contributed by atoms with Gasteiger partial charge >= 0.3 is 0 Å². The third-order valence-corrected chi connectivity index (χ3v) is 4.51. The summed E-state index contributed by atoms with van der Waals surface area (Å²) in [4.78, 5) is 18.5. The van der Waals surface area contributed by atoms with Crippen molar-refractivity contribution in [2.75, 3.05) is 62.3 Å². The number of ether oxygens (including phenoxy) is 1. The molecule has 0 radical (unpaired) electrons. The number of rotatable bonds is 4. The molecule has 2 aliphatic heterocycles. The highest BCUT2D eigenvalue weighted by atomic mass is 16.5. The minimum Gasteiger partial charge on any atom is -0.378 e. The first kappa shape index (κ1) is 17.0. The molecule has 0 unspecified atom stereocenters. The van der Waals surface area contributed by atoms with Gasteiger partial charge in [0.2, 0.25) is 5.91 Å². The highest BCUT2D eigenvalue weighted by Gasteiger charge is 2.22. The number of hydrogen-bond acceptors (Lipinski definition) is 6. The Labute approximate surface area is 143 Å². The number of carbonyl (C=O) groups excluding carboxylic acids is 1. The molecular weight excluding hydrogens is 306 g/mol. The van der Waals surface area contributed by atoms with Crippen molar-refractivity contribution in [1.29, 1.82) is 0 Å². The van der Waals surface area contributed by atoms with Gasteiger partial charge in [0.1, 0.15) is 0 Å². The SMILES string of the molecule is CC(C)CC(=O)N1CCN(c2ccc(N3CCOCC3)nn2)CC1. The van der Waals surface area contributed by atoms with E-state index in [1.54, 1.807) is 0 Å². The Balaban J connectivity index is 1.53. The quantitative estimate of drug-likeness (QED) is 0.819. The molecule has 2 fully saturated rings. The van der Waals surface area contributed by atoms with Crippen molar-refractivity contribution in [3.8, 4) is 0 Å². The van der Waals surface area contributed by atoms with E-state index in [1.165, 1.54) is 0 Å². The van der Waals surface area contributed by atoms with Crippen molar-refractivity contribution in [3.63, 3.8) is 0 Å². The first-order valence-electron chi connectivity index (χ1n) is 8.82. The highest BCUT2D eigenvalue weighted by molar-refractivity contribution is 5.76. The van der Waals surface area contributed by atoms with E-state index in [0.29, 0.717) is 12.3 Å². The zero-order chi connectivity index (χ0) is 16.9. The average Bonchev–Trinajstić information content (AvgIpc) is 2.62. The second kappa shape index (κ2) is 7.79. The largest absolute Gasteiger partial charge is 0.378 e. The van der Waals surface area contributed by atoms with Gasteiger partial charge in [0.25, 0.3) is 0 Å². The zero-order valence-electron chi connectivity index (χ0n) is 14.6. The van der Waals surface area contributed by atoms with Crippen LogP contribution in [0.15, 0.2) is 12.1 Å². The van der Waals surface area contributed by atoms with Gasteiger partial charge in [-0.25, -0.2) is 0 Å². The molecule has 3 heterocycles. The van der Waals surface area contributed by atoms with Crippen LogP contribution in [0.25, 0.3) is 0 Å². The molecule has 3 rings (SSSR count). The lowest BCUT2D eigenvalue weighted by Gasteiger charge is -2.35. The maximum Gasteiger partial charge on any atom is 0.222 e. The van der Waals surface area contributed by atoms with Gasteiger partial charge in [-0.2, -0.15) is 0 Å². The van der Waals surface area contributed by atoms with Crippen LogP contribution in [-0.2, 0) is 9.53 Å². The minimum absolute atomic E-state index is 0.262. The molecule has 0 spiro atoms. The summed E-state index contributed by atoms with van der Waals surface area (Å²) in [5.74, 6) is 2.48. The number of morpholine rings is 1. The normalized spacial score (nSPS) is 19.0. The lowest BCUT2D eigenvalue weighted by molar-refractivity contribution is -0.132. The Morgan fingerprint density at radius 1 is 1.00 bits per heavy atom. The Bertz CT molecular complexity index is 534. The third-order valence-electron chi connectivity index (χ3n) is 4.51. The maximum atomic E-state index is 12.1. The second-order valence-corrected chi connectivity index (χ2v) is 6.81. The van der Waals surface area contributed by atoms with Gasteiger partial charge in [-0.3, -0.25) is 4.79 Å². The monoisotopic (exact) mass is 333 g/mol. The van der Waals surface area contributed by atoms with Gasteiger partial charge in [0.15, 0.2) is 11.6 Å². The topological polar surface area (TPSA) is 61.8 Å². The summed E-state index contributed by atoms with van der Waals surface area (Å²) in [5, 5.41) is 8.76. The Kier molecular flexibility index (Phi) is 5.50. The summed E-state index contributed by atoms with van der Waals surface area (Å²) in [6.07, 6.45) is 0.633. The summed E-state index contributed by atoms with van der Waals surface area (Å²) in [7, 11) is 0. The zero-order valence-corrected chi connectivity index (χ0v) is 14.6. The van der Waals surface area contributed by atoms with Crippen molar-refractivity contribution in [3.05, 3.63) is 12.1 Å². The smallest absolute Gasteiger partial charge is 0.222 e. The van der Waals surface area contributed by atoms with Crippen LogP contribution in [0, 0.1) is 5.92 Å². The van der Waals surface area contributed by atoms with Crippen LogP contribution < -0.4 is 9.80 Å². The van der Waals surface area contributed by atoms with Gasteiger partial charge < -0.3 is 19.4 Å². The molecule has 0 atom stereocenters. The standard InChI is InChI=1S/C17H27N5O2/c1-14(2)13-17(23)22-7-5-20(6-8-22)15-3-4-16(19-18-15)21-9-11-24-12-10-21/h3-4,14H,5-13H2,1-2H3. The Morgan fingerprint density at radius 2 is 1.54 bits per heavy atom. The first-order chi connectivity index (χ1) is 11.6. The second-order valence-electron chi connectivity index (χ2n) is 6.81. The minimum atomic E-state index is 0.262. The lowest BCUT2D eigenvalue weighted by atomic mass is 10.1. The number of piperazine rings is 1. The van der Waals surface area contributed by atoms with Crippen LogP contribution in [0.3, 0.4) is 0 Å². The summed E-state index contributed by atoms with van der Waals surface area (Å²) >= 11 is 0. The molecule has 0 aliphatic carbocycles. The molecule has 0 bridgehead atoms. The van der Waals surface area contributed by atoms with Crippen molar-refractivity contribution in [2.24, 2.45) is 5.92 Å². The van der Waals surface area contributed by atoms with Crippen molar-refractivity contribution < 1.29 is 9.53 Å². The van der Waals surface area contributed by atoms with Crippen molar-refractivity contribution in [2.45, 2.75) is 20.3 Å². The molecule has 7 heteroatoms. The first-order valence-corrected chi connectivity index (χ1v) is 8.82. The number of anilines is 2. The van der Waals surface area contributed by atoms with E-state index in [9.17, 15) is 4.79 Å². The molecule has 24 heavy (non-hydrogen) atoms. The van der Waals surface area contributed by atoms with Gasteiger partial charge in [-0.15, -0.1) is 10.2 Å². The molecule has 1 amide bonds. The van der Waals surface area contributed by atoms with E-state index in [2.05, 4.69) is 33.8 Å². The highest BCUT2D eigenvalue weighted by Crippen LogP contribution is 2.18. The van der Waals surface area contributed by atoms with Gasteiger partial charge in [-0.05, 0) is 18.1 Å². The van der Waals surface area contributed by atoms with E-state index in [4.69, 9.17) is 4.74 Å². The lowest BCUT2D eigenvalue weighted by Crippen LogP contribution is -2.49. The molecule has 0 aromatic carbocycles. The average molecular weight is 333 g/mol. The van der Waals surface area contributed by atoms with Crippen LogP contribution in [-0.4, -0.2) is 73.5 Å². The fourth-order valence-corrected chi connectivity index (χ4v) is 3.11. The summed E-state index contributed by atoms with van der Waals surface area (Å²) in [6.45, 7) is 10.5. The van der Waals surface area contributed by atoms with Crippen LogP contribution in [0.4, 0.5) is 11.6 Å². The number of aromatic nitrogens is 2. The van der Waals surface area contributed by atoms with Crippen LogP contribution in [0.1, 0.15) is 20.3 Å². The summed E-state index contributed by atoms with van der Waals surface area (Å²) < 4.78 is 5.36. The van der Waals surface area contributed by atoms with Gasteiger partial charge in [0, 0.05) is 45.7 Å². The fourth-order valence-electron chi connectivity index (χ4n) is 3.11. The molecule has 1 aromatic heterocycles. The van der Waals surface area contributed by atoms with E-state index in [-0.39, 0.29) is 5.91 Å². The predicted molar refractivity (Wildman–Crippen MR) is 93.3 cm³/mol. The molecule has 0 N–H and O–H groups in total. The van der Waals surface area contributed by atoms with E-state index >= 15 is 0 Å². The predicted octanol–water partition coefficient (Wildman–Crippen LogP) is 1.01. The number of hydrogen-bond donors (Lipinski definition) is 0. The molecule has 7 nitrogen and oxygen atoms in total. The third kappa shape index (κ3) is 4.14. The Morgan fingerprint density at radius 3 is 2.04 bits per heavy atom. The molecule has 132 valence electrons. The molecule has 0 saturated carbocycles. The van der Waals surface area contributed by atoms with E-state index in [1.807, 2.05) is 17.0 Å². The van der Waals surface area contributed by atoms with Crippen LogP contribution in [0.2, 0.25) is 0 Å². The molecule has 1 aromatic rings. The van der Waals surface area contributed by atoms with Gasteiger partial charge in [0.05, 0.1) is 13.2 Å². The summed E-state index contributed by atoms with van der Waals surface area (Å²) in [6, 6.07) is 4.06. The maximum absolute atomic E-state index is 12.1. The van der Waals surface area contributed by atoms with Gasteiger partial charge in [-0.1, -0.05) is 13.8 Å². The van der Waals surface area contributed by atoms with Crippen molar-refractivity contribution >= 4 is 17.5 Å². The van der Waals surface area contributed by atoms with Crippen molar-refractivity contribution in [1.82, 2.24) is 15.1 Å². The van der Waals surface area contributed by atoms with E-state index in [0.717, 1.165) is 64.1 Å². The van der Waals surface area contributed by atoms with Crippen LogP contribution >= 0.6 is 0 Å². The number of carbonyl (C=O) groups is 1. The number of nitrogens with zero attached hydrogens (tertiary/aromatic N) is 5. The molecule has 2 aliphatic rings. The summed E-state index contributed by atoms with van der Waals surface area (Å²) in [5.41, 5.74) is 0. The molecular formula is C17H27N5O2. The Hall–Kier alpha value is -1.89. The van der Waals surface area contributed by atoms with E-state index < -0.39 is 0 Å². The molecule has 2 saturated heterocycles. The number of amides is 1.